The second-order valence-corrected chi connectivity index (χ2v) is 5.07. The van der Waals surface area contributed by atoms with Crippen LogP contribution in [-0.2, 0) is 0 Å². The molecule has 0 radical (unpaired) electrons. The maximum Gasteiger partial charge on any atom is 0.253 e. The number of benzene rings is 1. The van der Waals surface area contributed by atoms with Crippen molar-refractivity contribution in [3.63, 3.8) is 0 Å². The predicted molar refractivity (Wildman–Crippen MR) is 60.0 cm³/mol. The zero-order valence-electron chi connectivity index (χ0n) is 9.63. The minimum atomic E-state index is -0.648. The summed E-state index contributed by atoms with van der Waals surface area (Å²) in [6.07, 6.45) is 0. The molecule has 0 saturated heterocycles. The fourth-order valence-electron chi connectivity index (χ4n) is 1.45. The van der Waals surface area contributed by atoms with E-state index in [4.69, 9.17) is 15.2 Å². The Morgan fingerprint density at radius 1 is 1.20 bits per heavy atom. The van der Waals surface area contributed by atoms with Gasteiger partial charge in [-0.2, -0.15) is 0 Å². The summed E-state index contributed by atoms with van der Waals surface area (Å²) >= 11 is 0. The monoisotopic (exact) mass is 207 g/mol. The Morgan fingerprint density at radius 3 is 2.40 bits per heavy atom. The molecule has 1 aliphatic rings. The van der Waals surface area contributed by atoms with Crippen LogP contribution in [0.25, 0.3) is 0 Å². The molecular formula is C12H17NO2. The third-order valence-electron chi connectivity index (χ3n) is 2.97. The van der Waals surface area contributed by atoms with Crippen LogP contribution in [-0.4, -0.2) is 5.79 Å². The summed E-state index contributed by atoms with van der Waals surface area (Å²) in [6, 6.07) is 5.56. The first kappa shape index (κ1) is 10.1. The van der Waals surface area contributed by atoms with Crippen LogP contribution in [0.15, 0.2) is 18.2 Å². The highest BCUT2D eigenvalue weighted by Crippen LogP contribution is 2.48. The molecule has 82 valence electrons. The molecule has 3 nitrogen and oxygen atoms in total. The van der Waals surface area contributed by atoms with Gasteiger partial charge in [0.25, 0.3) is 5.79 Å². The molecule has 0 saturated carbocycles. The Bertz CT molecular complexity index is 395. The van der Waals surface area contributed by atoms with E-state index in [0.29, 0.717) is 11.4 Å². The Labute approximate surface area is 90.2 Å². The molecule has 3 heteroatoms. The van der Waals surface area contributed by atoms with Crippen molar-refractivity contribution in [1.82, 2.24) is 0 Å². The third kappa shape index (κ3) is 1.42. The lowest BCUT2D eigenvalue weighted by Crippen LogP contribution is -2.47. The van der Waals surface area contributed by atoms with Crippen molar-refractivity contribution in [3.05, 3.63) is 18.2 Å². The molecule has 0 amide bonds. The molecule has 1 aromatic rings. The van der Waals surface area contributed by atoms with Crippen LogP contribution in [0.4, 0.5) is 5.69 Å². The van der Waals surface area contributed by atoms with Gasteiger partial charge in [0.1, 0.15) is 0 Å². The first-order valence-corrected chi connectivity index (χ1v) is 5.10. The number of para-hydroxylation sites is 1. The number of hydrogen-bond acceptors (Lipinski definition) is 3. The van der Waals surface area contributed by atoms with Crippen LogP contribution in [0.2, 0.25) is 0 Å². The molecule has 0 spiro atoms. The summed E-state index contributed by atoms with van der Waals surface area (Å²) < 4.78 is 11.7. The van der Waals surface area contributed by atoms with Crippen molar-refractivity contribution in [1.29, 1.82) is 0 Å². The van der Waals surface area contributed by atoms with Gasteiger partial charge in [0.05, 0.1) is 5.69 Å². The minimum absolute atomic E-state index is 0.113. The summed E-state index contributed by atoms with van der Waals surface area (Å²) in [5, 5.41) is 0. The van der Waals surface area contributed by atoms with Crippen molar-refractivity contribution in [2.75, 3.05) is 5.73 Å². The Hall–Kier alpha value is -1.38. The second kappa shape index (κ2) is 2.81. The number of nitrogens with two attached hydrogens (primary N) is 1. The molecule has 2 N–H and O–H groups in total. The summed E-state index contributed by atoms with van der Waals surface area (Å²) in [6.45, 7) is 8.17. The fraction of sp³-hybridized carbons (Fsp3) is 0.500. The van der Waals surface area contributed by atoms with E-state index in [-0.39, 0.29) is 5.41 Å². The van der Waals surface area contributed by atoms with Gasteiger partial charge in [0.2, 0.25) is 0 Å². The second-order valence-electron chi connectivity index (χ2n) is 5.07. The summed E-state index contributed by atoms with van der Waals surface area (Å²) in [4.78, 5) is 0. The van der Waals surface area contributed by atoms with Crippen LogP contribution >= 0.6 is 0 Å². The smallest absolute Gasteiger partial charge is 0.253 e. The standard InChI is InChI=1S/C12H17NO2/c1-11(2,3)12(4)14-9-7-5-6-8(13)10(9)15-12/h5-7H,13H2,1-4H3. The Morgan fingerprint density at radius 2 is 1.87 bits per heavy atom. The fourth-order valence-corrected chi connectivity index (χ4v) is 1.45. The molecule has 1 unspecified atom stereocenters. The van der Waals surface area contributed by atoms with E-state index < -0.39 is 5.79 Å². The summed E-state index contributed by atoms with van der Waals surface area (Å²) in [5.74, 6) is 0.743. The first-order valence-electron chi connectivity index (χ1n) is 5.10. The number of rotatable bonds is 0. The number of ether oxygens (including phenoxy) is 2. The minimum Gasteiger partial charge on any atom is -0.448 e. The molecule has 0 aromatic heterocycles. The van der Waals surface area contributed by atoms with E-state index >= 15 is 0 Å². The molecule has 1 aromatic carbocycles. The average molecular weight is 207 g/mol. The van der Waals surface area contributed by atoms with Gasteiger partial charge in [-0.1, -0.05) is 26.8 Å². The van der Waals surface area contributed by atoms with Crippen LogP contribution in [0.3, 0.4) is 0 Å². The van der Waals surface area contributed by atoms with Crippen molar-refractivity contribution in [2.24, 2.45) is 5.41 Å². The molecule has 0 bridgehead atoms. The van der Waals surface area contributed by atoms with Gasteiger partial charge in [0, 0.05) is 12.3 Å². The maximum absolute atomic E-state index is 5.84. The van der Waals surface area contributed by atoms with E-state index in [2.05, 4.69) is 20.8 Å². The van der Waals surface area contributed by atoms with Crippen molar-refractivity contribution in [3.8, 4) is 11.5 Å². The number of fused-ring (bicyclic) bond motifs is 1. The molecule has 0 aliphatic carbocycles. The van der Waals surface area contributed by atoms with Crippen LogP contribution in [0.5, 0.6) is 11.5 Å². The number of hydrogen-bond donors (Lipinski definition) is 1. The van der Waals surface area contributed by atoms with E-state index in [1.165, 1.54) is 0 Å². The molecule has 2 rings (SSSR count). The van der Waals surface area contributed by atoms with Gasteiger partial charge in [-0.25, -0.2) is 0 Å². The summed E-state index contributed by atoms with van der Waals surface area (Å²) in [7, 11) is 0. The Kier molecular flexibility index (Phi) is 1.90. The van der Waals surface area contributed by atoms with Gasteiger partial charge in [0.15, 0.2) is 11.5 Å². The zero-order chi connectivity index (χ0) is 11.3. The van der Waals surface area contributed by atoms with E-state index in [9.17, 15) is 0 Å². The van der Waals surface area contributed by atoms with E-state index in [0.717, 1.165) is 5.75 Å². The van der Waals surface area contributed by atoms with Gasteiger partial charge in [-0.3, -0.25) is 0 Å². The molecule has 15 heavy (non-hydrogen) atoms. The van der Waals surface area contributed by atoms with Gasteiger partial charge in [-0.15, -0.1) is 0 Å². The topological polar surface area (TPSA) is 44.5 Å². The highest BCUT2D eigenvalue weighted by molar-refractivity contribution is 5.61. The van der Waals surface area contributed by atoms with Crippen LogP contribution in [0.1, 0.15) is 27.7 Å². The third-order valence-corrected chi connectivity index (χ3v) is 2.97. The Balaban J connectivity index is 2.42. The molecule has 0 fully saturated rings. The van der Waals surface area contributed by atoms with Crippen LogP contribution in [0, 0.1) is 5.41 Å². The lowest BCUT2D eigenvalue weighted by Gasteiger charge is -2.35. The highest BCUT2D eigenvalue weighted by atomic mass is 16.7. The molecular weight excluding hydrogens is 190 g/mol. The van der Waals surface area contributed by atoms with Gasteiger partial charge < -0.3 is 15.2 Å². The zero-order valence-corrected chi connectivity index (χ0v) is 9.63. The number of anilines is 1. The average Bonchev–Trinajstić information content (AvgIpc) is 2.43. The normalized spacial score (nSPS) is 24.3. The van der Waals surface area contributed by atoms with Gasteiger partial charge in [-0.05, 0) is 12.1 Å². The lowest BCUT2D eigenvalue weighted by atomic mass is 9.87. The maximum atomic E-state index is 5.84. The highest BCUT2D eigenvalue weighted by Gasteiger charge is 2.47. The SMILES string of the molecule is CC(C)(C)C1(C)Oc2cccc(N)c2O1. The van der Waals surface area contributed by atoms with Crippen molar-refractivity contribution in [2.45, 2.75) is 33.5 Å². The molecule has 1 heterocycles. The van der Waals surface area contributed by atoms with Gasteiger partial charge >= 0.3 is 0 Å². The summed E-state index contributed by atoms with van der Waals surface area (Å²) in [5.41, 5.74) is 6.34. The van der Waals surface area contributed by atoms with Crippen molar-refractivity contribution < 1.29 is 9.47 Å². The van der Waals surface area contributed by atoms with Crippen molar-refractivity contribution >= 4 is 5.69 Å². The van der Waals surface area contributed by atoms with E-state index in [1.54, 1.807) is 0 Å². The molecule has 1 atom stereocenters. The first-order chi connectivity index (χ1) is 6.83. The number of nitrogen functional groups attached to an aromatic ring is 1. The van der Waals surface area contributed by atoms with Crippen LogP contribution < -0.4 is 15.2 Å². The predicted octanol–water partition coefficient (Wildman–Crippen LogP) is 2.80. The van der Waals surface area contributed by atoms with E-state index in [1.807, 2.05) is 25.1 Å². The lowest BCUT2D eigenvalue weighted by molar-refractivity contribution is -0.142. The quantitative estimate of drug-likeness (QED) is 0.665. The largest absolute Gasteiger partial charge is 0.448 e. The molecule has 1 aliphatic heterocycles.